The van der Waals surface area contributed by atoms with Crippen LogP contribution in [0.5, 0.6) is 0 Å². The Hall–Kier alpha value is -3.38. The second kappa shape index (κ2) is 9.41. The largest absolute Gasteiger partial charge is 0.296 e. The number of hydrogen-bond acceptors (Lipinski definition) is 6. The van der Waals surface area contributed by atoms with Crippen molar-refractivity contribution < 1.29 is 4.79 Å². The number of thioether (sulfide) groups is 1. The number of carbonyl (C=O) groups excluding carboxylic acids is 1. The molecule has 0 aliphatic carbocycles. The summed E-state index contributed by atoms with van der Waals surface area (Å²) in [7, 11) is 0. The van der Waals surface area contributed by atoms with Gasteiger partial charge in [0.25, 0.3) is 0 Å². The molecule has 0 unspecified atom stereocenters. The molecule has 0 saturated heterocycles. The molecule has 3 heterocycles. The van der Waals surface area contributed by atoms with Gasteiger partial charge in [-0.05, 0) is 42.5 Å². The van der Waals surface area contributed by atoms with Crippen molar-refractivity contribution in [1.82, 2.24) is 19.9 Å². The highest BCUT2D eigenvalue weighted by Crippen LogP contribution is 2.29. The Balaban J connectivity index is 1.85. The van der Waals surface area contributed by atoms with E-state index in [0.717, 1.165) is 40.3 Å². The topological polar surface area (TPSA) is 68.6 Å². The molecule has 0 atom stereocenters. The van der Waals surface area contributed by atoms with Crippen molar-refractivity contribution in [2.24, 2.45) is 0 Å². The molecule has 0 spiro atoms. The molecule has 4 rings (SSSR count). The first-order valence-corrected chi connectivity index (χ1v) is 10.7. The van der Waals surface area contributed by atoms with Gasteiger partial charge in [0.2, 0.25) is 0 Å². The lowest BCUT2D eigenvalue weighted by atomic mass is 10.1. The zero-order valence-corrected chi connectivity index (χ0v) is 17.3. The summed E-state index contributed by atoms with van der Waals surface area (Å²) in [5, 5.41) is 0. The highest BCUT2D eigenvalue weighted by Gasteiger charge is 2.13. The van der Waals surface area contributed by atoms with Gasteiger partial charge in [0, 0.05) is 16.7 Å². The third-order valence-corrected chi connectivity index (χ3v) is 5.54. The van der Waals surface area contributed by atoms with Gasteiger partial charge in [-0.25, -0.2) is 15.0 Å². The van der Waals surface area contributed by atoms with E-state index in [1.807, 2.05) is 60.7 Å². The molecule has 0 aliphatic heterocycles. The van der Waals surface area contributed by atoms with Crippen LogP contribution < -0.4 is 0 Å². The Morgan fingerprint density at radius 2 is 1.57 bits per heavy atom. The summed E-state index contributed by atoms with van der Waals surface area (Å²) in [6.07, 6.45) is 3.57. The molecule has 148 valence electrons. The van der Waals surface area contributed by atoms with E-state index in [1.165, 1.54) is 0 Å². The Morgan fingerprint density at radius 1 is 0.833 bits per heavy atom. The summed E-state index contributed by atoms with van der Waals surface area (Å²) in [5.74, 6) is 1.51. The number of aldehydes is 1. The van der Waals surface area contributed by atoms with Crippen LogP contribution in [0.4, 0.5) is 0 Å². The number of pyridine rings is 2. The maximum Gasteiger partial charge on any atom is 0.168 e. The second-order valence-corrected chi connectivity index (χ2v) is 7.79. The first kappa shape index (κ1) is 19.9. The predicted molar refractivity (Wildman–Crippen MR) is 120 cm³/mol. The van der Waals surface area contributed by atoms with E-state index < -0.39 is 0 Å². The Morgan fingerprint density at radius 3 is 2.27 bits per heavy atom. The van der Waals surface area contributed by atoms with Crippen LogP contribution in [0, 0.1) is 0 Å². The molecule has 0 N–H and O–H groups in total. The summed E-state index contributed by atoms with van der Waals surface area (Å²) in [6.45, 7) is 2.15. The molecule has 0 saturated carbocycles. The van der Waals surface area contributed by atoms with Crippen LogP contribution in [0.1, 0.15) is 23.8 Å². The molecule has 30 heavy (non-hydrogen) atoms. The van der Waals surface area contributed by atoms with Gasteiger partial charge >= 0.3 is 0 Å². The van der Waals surface area contributed by atoms with Crippen LogP contribution in [-0.2, 0) is 0 Å². The first-order valence-electron chi connectivity index (χ1n) is 9.73. The predicted octanol–water partition coefficient (Wildman–Crippen LogP) is 5.58. The Bertz CT molecular complexity index is 1150. The lowest BCUT2D eigenvalue weighted by molar-refractivity contribution is 0.111. The number of nitrogens with zero attached hydrogens (tertiary/aromatic N) is 4. The second-order valence-electron chi connectivity index (χ2n) is 6.62. The highest BCUT2D eigenvalue weighted by molar-refractivity contribution is 7.99. The number of benzene rings is 1. The van der Waals surface area contributed by atoms with E-state index in [9.17, 15) is 4.79 Å². The van der Waals surface area contributed by atoms with E-state index in [4.69, 9.17) is 9.97 Å². The fourth-order valence-electron chi connectivity index (χ4n) is 2.96. The summed E-state index contributed by atoms with van der Waals surface area (Å²) < 4.78 is 0. The highest BCUT2D eigenvalue weighted by atomic mass is 32.2. The van der Waals surface area contributed by atoms with E-state index in [-0.39, 0.29) is 0 Å². The average molecular weight is 413 g/mol. The van der Waals surface area contributed by atoms with Gasteiger partial charge in [0.1, 0.15) is 5.69 Å². The van der Waals surface area contributed by atoms with Crippen LogP contribution in [0.3, 0.4) is 0 Å². The molecule has 1 aromatic carbocycles. The van der Waals surface area contributed by atoms with Crippen molar-refractivity contribution in [2.75, 3.05) is 5.75 Å². The molecule has 0 bridgehead atoms. The zero-order chi connectivity index (χ0) is 20.8. The average Bonchev–Trinajstić information content (AvgIpc) is 2.83. The van der Waals surface area contributed by atoms with Gasteiger partial charge in [-0.1, -0.05) is 43.3 Å². The van der Waals surface area contributed by atoms with Crippen molar-refractivity contribution in [1.29, 1.82) is 0 Å². The van der Waals surface area contributed by atoms with Crippen LogP contribution in [0.15, 0.2) is 77.8 Å². The first-order chi connectivity index (χ1) is 14.8. The van der Waals surface area contributed by atoms with Crippen molar-refractivity contribution in [2.45, 2.75) is 18.2 Å². The van der Waals surface area contributed by atoms with Gasteiger partial charge in [-0.2, -0.15) is 0 Å². The van der Waals surface area contributed by atoms with Crippen LogP contribution >= 0.6 is 11.8 Å². The molecule has 3 aromatic heterocycles. The molecule has 0 radical (unpaired) electrons. The maximum atomic E-state index is 11.5. The van der Waals surface area contributed by atoms with E-state index in [2.05, 4.69) is 16.9 Å². The minimum atomic E-state index is 0.326. The smallest absolute Gasteiger partial charge is 0.168 e. The zero-order valence-electron chi connectivity index (χ0n) is 16.5. The Labute approximate surface area is 179 Å². The summed E-state index contributed by atoms with van der Waals surface area (Å²) in [4.78, 5) is 31.0. The minimum Gasteiger partial charge on any atom is -0.296 e. The van der Waals surface area contributed by atoms with Gasteiger partial charge < -0.3 is 0 Å². The van der Waals surface area contributed by atoms with E-state index in [1.54, 1.807) is 24.0 Å². The van der Waals surface area contributed by atoms with Crippen molar-refractivity contribution in [3.63, 3.8) is 0 Å². The quantitative estimate of drug-likeness (QED) is 0.291. The number of rotatable bonds is 7. The van der Waals surface area contributed by atoms with Crippen molar-refractivity contribution in [3.05, 3.63) is 78.6 Å². The number of aromatic nitrogens is 4. The van der Waals surface area contributed by atoms with E-state index in [0.29, 0.717) is 22.9 Å². The third-order valence-electron chi connectivity index (χ3n) is 4.36. The van der Waals surface area contributed by atoms with Gasteiger partial charge in [0.05, 0.1) is 22.8 Å². The fourth-order valence-corrected chi connectivity index (χ4v) is 3.79. The molecule has 0 amide bonds. The molecule has 0 aliphatic rings. The lowest BCUT2D eigenvalue weighted by Gasteiger charge is -2.10. The molecule has 0 fully saturated rings. The third kappa shape index (κ3) is 4.60. The Kier molecular flexibility index (Phi) is 6.25. The molecular formula is C24H20N4OS. The van der Waals surface area contributed by atoms with Gasteiger partial charge in [-0.15, -0.1) is 11.8 Å². The van der Waals surface area contributed by atoms with Gasteiger partial charge in [-0.3, -0.25) is 9.78 Å². The lowest BCUT2D eigenvalue weighted by Crippen LogP contribution is -1.99. The standard InChI is InChI=1S/C24H20N4OS/c1-2-12-30-19-14-22(20-10-6-7-11-25-20)27-23(15-19)21-13-18(16-29)26-24(28-21)17-8-4-3-5-9-17/h3-11,13-16H,2,12H2,1H3. The number of hydrogen-bond donors (Lipinski definition) is 0. The SMILES string of the molecule is CCCSc1cc(-c2ccccn2)nc(-c2cc(C=O)nc(-c3ccccc3)n2)c1. The summed E-state index contributed by atoms with van der Waals surface area (Å²) in [6, 6.07) is 21.1. The maximum absolute atomic E-state index is 11.5. The normalized spacial score (nSPS) is 10.7. The summed E-state index contributed by atoms with van der Waals surface area (Å²) >= 11 is 1.77. The molecule has 4 aromatic rings. The monoisotopic (exact) mass is 412 g/mol. The fraction of sp³-hybridized carbons (Fsp3) is 0.125. The van der Waals surface area contributed by atoms with Crippen molar-refractivity contribution >= 4 is 18.0 Å². The van der Waals surface area contributed by atoms with Crippen LogP contribution in [-0.4, -0.2) is 32.0 Å². The molecular weight excluding hydrogens is 392 g/mol. The number of carbonyl (C=O) groups is 1. The molecule has 5 nitrogen and oxygen atoms in total. The molecule has 6 heteroatoms. The van der Waals surface area contributed by atoms with Gasteiger partial charge in [0.15, 0.2) is 12.1 Å². The van der Waals surface area contributed by atoms with Crippen LogP contribution in [0.25, 0.3) is 34.2 Å². The van der Waals surface area contributed by atoms with E-state index >= 15 is 0 Å². The minimum absolute atomic E-state index is 0.326. The van der Waals surface area contributed by atoms with Crippen molar-refractivity contribution in [3.8, 4) is 34.2 Å². The van der Waals surface area contributed by atoms with Crippen LogP contribution in [0.2, 0.25) is 0 Å². The summed E-state index contributed by atoms with van der Waals surface area (Å²) in [5.41, 5.74) is 4.06.